The summed E-state index contributed by atoms with van der Waals surface area (Å²) in [4.78, 5) is 4.68. The quantitative estimate of drug-likeness (QED) is 0.620. The van der Waals surface area contributed by atoms with Gasteiger partial charge in [0.05, 0.1) is 0 Å². The molecule has 0 aliphatic carbocycles. The molecule has 0 unspecified atom stereocenters. The van der Waals surface area contributed by atoms with Crippen molar-refractivity contribution < 1.29 is 0 Å². The molecule has 0 spiro atoms. The molecule has 1 heterocycles. The van der Waals surface area contributed by atoms with E-state index in [1.807, 2.05) is 0 Å². The van der Waals surface area contributed by atoms with Crippen molar-refractivity contribution in [3.63, 3.8) is 0 Å². The molecule has 0 atom stereocenters. The van der Waals surface area contributed by atoms with Crippen molar-refractivity contribution in [2.75, 3.05) is 0 Å². The van der Waals surface area contributed by atoms with E-state index in [2.05, 4.69) is 38.8 Å². The van der Waals surface area contributed by atoms with E-state index in [0.29, 0.717) is 0 Å². The molecule has 1 aliphatic heterocycles. The summed E-state index contributed by atoms with van der Waals surface area (Å²) in [6.45, 7) is 9.06. The summed E-state index contributed by atoms with van der Waals surface area (Å²) >= 11 is 0. The second-order valence-electron chi connectivity index (χ2n) is 5.11. The van der Waals surface area contributed by atoms with Gasteiger partial charge in [0.2, 0.25) is 0 Å². The number of rotatable bonds is 5. The lowest BCUT2D eigenvalue weighted by atomic mass is 10.1. The smallest absolute Gasteiger partial charge is 0.0367 e. The summed E-state index contributed by atoms with van der Waals surface area (Å²) in [7, 11) is 0. The van der Waals surface area contributed by atoms with Crippen LogP contribution in [-0.2, 0) is 0 Å². The Bertz CT molecular complexity index is 234. The summed E-state index contributed by atoms with van der Waals surface area (Å²) < 4.78 is 0. The second-order valence-corrected chi connectivity index (χ2v) is 5.11. The fraction of sp³-hybridized carbons (Fsp3) is 0.769. The van der Waals surface area contributed by atoms with Gasteiger partial charge in [-0.25, -0.2) is 0 Å². The van der Waals surface area contributed by atoms with Crippen LogP contribution in [0.4, 0.5) is 0 Å². The molecule has 1 aliphatic rings. The molecule has 1 rings (SSSR count). The Morgan fingerprint density at radius 1 is 1.21 bits per heavy atom. The maximum Gasteiger partial charge on any atom is 0.0367 e. The van der Waals surface area contributed by atoms with E-state index in [1.165, 1.54) is 30.7 Å². The Hall–Kier alpha value is -0.590. The van der Waals surface area contributed by atoms with Gasteiger partial charge in [-0.15, -0.1) is 0 Å². The summed E-state index contributed by atoms with van der Waals surface area (Å²) in [6.07, 6.45) is 7.01. The van der Waals surface area contributed by atoms with E-state index < -0.39 is 0 Å². The van der Waals surface area contributed by atoms with Gasteiger partial charge >= 0.3 is 0 Å². The zero-order chi connectivity index (χ0) is 10.6. The average molecular weight is 193 g/mol. The van der Waals surface area contributed by atoms with Crippen molar-refractivity contribution >= 4 is 5.71 Å². The van der Waals surface area contributed by atoms with Crippen LogP contribution >= 0.6 is 0 Å². The van der Waals surface area contributed by atoms with E-state index in [9.17, 15) is 0 Å². The van der Waals surface area contributed by atoms with Crippen molar-refractivity contribution in [2.45, 2.75) is 53.4 Å². The summed E-state index contributed by atoms with van der Waals surface area (Å²) in [5.41, 5.74) is 2.72. The fourth-order valence-electron chi connectivity index (χ4n) is 1.72. The number of nitrogens with zero attached hydrogens (tertiary/aromatic N) is 1. The van der Waals surface area contributed by atoms with Gasteiger partial charge in [-0.2, -0.15) is 0 Å². The lowest BCUT2D eigenvalue weighted by Gasteiger charge is -2.04. The van der Waals surface area contributed by atoms with Crippen molar-refractivity contribution in [1.29, 1.82) is 0 Å². The van der Waals surface area contributed by atoms with Gasteiger partial charge in [-0.1, -0.05) is 33.8 Å². The molecule has 0 aromatic rings. The topological polar surface area (TPSA) is 12.4 Å². The number of hydrogen-bond donors (Lipinski definition) is 0. The monoisotopic (exact) mass is 193 g/mol. The molecular formula is C13H23N. The first-order valence-electron chi connectivity index (χ1n) is 5.83. The first-order valence-corrected chi connectivity index (χ1v) is 5.83. The van der Waals surface area contributed by atoms with Crippen molar-refractivity contribution in [1.82, 2.24) is 0 Å². The van der Waals surface area contributed by atoms with Crippen LogP contribution in [-0.4, -0.2) is 5.71 Å². The van der Waals surface area contributed by atoms with Crippen molar-refractivity contribution in [3.05, 3.63) is 11.8 Å². The highest BCUT2D eigenvalue weighted by Crippen LogP contribution is 2.21. The van der Waals surface area contributed by atoms with Crippen LogP contribution in [0.2, 0.25) is 0 Å². The maximum absolute atomic E-state index is 4.68. The van der Waals surface area contributed by atoms with Gasteiger partial charge in [0.1, 0.15) is 0 Å². The zero-order valence-corrected chi connectivity index (χ0v) is 10.0. The molecule has 0 bridgehead atoms. The van der Waals surface area contributed by atoms with Crippen molar-refractivity contribution in [2.24, 2.45) is 16.8 Å². The van der Waals surface area contributed by atoms with E-state index in [4.69, 9.17) is 0 Å². The van der Waals surface area contributed by atoms with Gasteiger partial charge in [0.15, 0.2) is 0 Å². The van der Waals surface area contributed by atoms with Gasteiger partial charge in [0, 0.05) is 17.8 Å². The fourth-order valence-corrected chi connectivity index (χ4v) is 1.72. The molecule has 0 fully saturated rings. The second kappa shape index (κ2) is 5.33. The molecule has 80 valence electrons. The SMILES string of the molecule is CC(C)CCC1=CCC(CC(C)C)=N1. The van der Waals surface area contributed by atoms with Crippen LogP contribution in [0.25, 0.3) is 0 Å². The lowest BCUT2D eigenvalue weighted by Crippen LogP contribution is -1.99. The first-order chi connectivity index (χ1) is 6.58. The maximum atomic E-state index is 4.68. The molecule has 1 nitrogen and oxygen atoms in total. The predicted octanol–water partition coefficient (Wildman–Crippen LogP) is 4.20. The molecule has 0 aromatic carbocycles. The normalized spacial score (nSPS) is 16.4. The minimum atomic E-state index is 0.742. The predicted molar refractivity (Wildman–Crippen MR) is 63.7 cm³/mol. The number of aliphatic imine (C=N–C) groups is 1. The van der Waals surface area contributed by atoms with Crippen LogP contribution < -0.4 is 0 Å². The highest BCUT2D eigenvalue weighted by atomic mass is 14.8. The minimum Gasteiger partial charge on any atom is -0.262 e. The Morgan fingerprint density at radius 2 is 1.93 bits per heavy atom. The van der Waals surface area contributed by atoms with E-state index >= 15 is 0 Å². The third-order valence-electron chi connectivity index (χ3n) is 2.50. The van der Waals surface area contributed by atoms with Gasteiger partial charge in [-0.3, -0.25) is 4.99 Å². The molecular weight excluding hydrogens is 170 g/mol. The first kappa shape index (κ1) is 11.5. The highest BCUT2D eigenvalue weighted by molar-refractivity contribution is 5.88. The van der Waals surface area contributed by atoms with Crippen LogP contribution in [0.1, 0.15) is 53.4 Å². The average Bonchev–Trinajstić information content (AvgIpc) is 2.47. The highest BCUT2D eigenvalue weighted by Gasteiger charge is 2.10. The summed E-state index contributed by atoms with van der Waals surface area (Å²) in [5.74, 6) is 1.53. The molecule has 0 saturated heterocycles. The Morgan fingerprint density at radius 3 is 2.50 bits per heavy atom. The largest absolute Gasteiger partial charge is 0.262 e. The van der Waals surface area contributed by atoms with E-state index in [-0.39, 0.29) is 0 Å². The van der Waals surface area contributed by atoms with Crippen LogP contribution in [0.15, 0.2) is 16.8 Å². The summed E-state index contributed by atoms with van der Waals surface area (Å²) in [5, 5.41) is 0. The molecule has 0 radical (unpaired) electrons. The molecule has 1 heteroatoms. The number of allylic oxidation sites excluding steroid dienone is 2. The molecule has 0 saturated carbocycles. The summed E-state index contributed by atoms with van der Waals surface area (Å²) in [6, 6.07) is 0. The molecule has 0 aromatic heterocycles. The van der Waals surface area contributed by atoms with E-state index in [1.54, 1.807) is 0 Å². The Balaban J connectivity index is 2.32. The number of hydrogen-bond acceptors (Lipinski definition) is 1. The van der Waals surface area contributed by atoms with Crippen molar-refractivity contribution in [3.8, 4) is 0 Å². The Kier molecular flexibility index (Phi) is 4.37. The van der Waals surface area contributed by atoms with Gasteiger partial charge < -0.3 is 0 Å². The lowest BCUT2D eigenvalue weighted by molar-refractivity contribution is 0.583. The van der Waals surface area contributed by atoms with Crippen LogP contribution in [0, 0.1) is 11.8 Å². The standard InChI is InChI=1S/C13H23N/c1-10(2)5-6-12-7-8-13(14-12)9-11(3)4/h7,10-11H,5-6,8-9H2,1-4H3. The molecule has 0 N–H and O–H groups in total. The third kappa shape index (κ3) is 4.08. The minimum absolute atomic E-state index is 0.742. The Labute approximate surface area is 88.3 Å². The van der Waals surface area contributed by atoms with Crippen LogP contribution in [0.3, 0.4) is 0 Å². The van der Waals surface area contributed by atoms with Gasteiger partial charge in [0.25, 0.3) is 0 Å². The van der Waals surface area contributed by atoms with E-state index in [0.717, 1.165) is 18.3 Å². The van der Waals surface area contributed by atoms with Crippen LogP contribution in [0.5, 0.6) is 0 Å². The molecule has 0 amide bonds. The van der Waals surface area contributed by atoms with Gasteiger partial charge in [-0.05, 0) is 31.1 Å². The third-order valence-corrected chi connectivity index (χ3v) is 2.50. The zero-order valence-electron chi connectivity index (χ0n) is 10.0. The molecule has 14 heavy (non-hydrogen) atoms.